The summed E-state index contributed by atoms with van der Waals surface area (Å²) in [6.45, 7) is 1.80. The van der Waals surface area contributed by atoms with Crippen molar-refractivity contribution in [2.24, 2.45) is 0 Å². The summed E-state index contributed by atoms with van der Waals surface area (Å²) >= 11 is 1.52. The van der Waals surface area contributed by atoms with E-state index in [4.69, 9.17) is 0 Å². The molecule has 2 aromatic heterocycles. The Hall–Kier alpha value is -1.89. The molecule has 2 aliphatic rings. The summed E-state index contributed by atoms with van der Waals surface area (Å²) in [6, 6.07) is 4.38. The number of hydrogen-bond acceptors (Lipinski definition) is 5. The topological polar surface area (TPSA) is 63.9 Å². The van der Waals surface area contributed by atoms with Gasteiger partial charge in [-0.05, 0) is 44.2 Å². The van der Waals surface area contributed by atoms with E-state index in [1.165, 1.54) is 18.2 Å². The van der Waals surface area contributed by atoms with E-state index in [9.17, 15) is 4.79 Å². The zero-order chi connectivity index (χ0) is 16.4. The SMILES string of the molecule is O=C(CSc1nnc(-c2ccncc2)n1C1CC1)N1CCCCC1. The van der Waals surface area contributed by atoms with Gasteiger partial charge >= 0.3 is 0 Å². The highest BCUT2D eigenvalue weighted by molar-refractivity contribution is 7.99. The number of nitrogens with zero attached hydrogens (tertiary/aromatic N) is 5. The second-order valence-electron chi connectivity index (χ2n) is 6.37. The largest absolute Gasteiger partial charge is 0.342 e. The van der Waals surface area contributed by atoms with Crippen LogP contribution in [0.5, 0.6) is 0 Å². The van der Waals surface area contributed by atoms with E-state index in [0.717, 1.165) is 55.3 Å². The van der Waals surface area contributed by atoms with Crippen LogP contribution in [0.25, 0.3) is 11.4 Å². The van der Waals surface area contributed by atoms with Gasteiger partial charge in [0.2, 0.25) is 5.91 Å². The van der Waals surface area contributed by atoms with Gasteiger partial charge in [0.15, 0.2) is 11.0 Å². The predicted molar refractivity (Wildman–Crippen MR) is 92.7 cm³/mol. The maximum absolute atomic E-state index is 12.4. The van der Waals surface area contributed by atoms with Crippen molar-refractivity contribution in [1.29, 1.82) is 0 Å². The molecular weight excluding hydrogens is 322 g/mol. The number of thioether (sulfide) groups is 1. The fraction of sp³-hybridized carbons (Fsp3) is 0.529. The molecule has 3 heterocycles. The maximum atomic E-state index is 12.4. The molecular formula is C17H21N5OS. The molecule has 1 aliphatic heterocycles. The molecule has 1 aliphatic carbocycles. The number of likely N-dealkylation sites (tertiary alicyclic amines) is 1. The summed E-state index contributed by atoms with van der Waals surface area (Å²) in [5, 5.41) is 9.59. The zero-order valence-corrected chi connectivity index (χ0v) is 14.4. The van der Waals surface area contributed by atoms with Crippen LogP contribution in [-0.2, 0) is 4.79 Å². The highest BCUT2D eigenvalue weighted by atomic mass is 32.2. The molecule has 0 bridgehead atoms. The Morgan fingerprint density at radius 3 is 2.58 bits per heavy atom. The molecule has 4 rings (SSSR count). The van der Waals surface area contributed by atoms with Gasteiger partial charge in [0.25, 0.3) is 0 Å². The fourth-order valence-corrected chi connectivity index (χ4v) is 4.00. The number of carbonyl (C=O) groups excluding carboxylic acids is 1. The van der Waals surface area contributed by atoms with E-state index >= 15 is 0 Å². The molecule has 0 unspecified atom stereocenters. The molecule has 24 heavy (non-hydrogen) atoms. The van der Waals surface area contributed by atoms with Crippen molar-refractivity contribution in [2.45, 2.75) is 43.3 Å². The van der Waals surface area contributed by atoms with Crippen LogP contribution in [0.2, 0.25) is 0 Å². The third kappa shape index (κ3) is 3.31. The van der Waals surface area contributed by atoms with Crippen molar-refractivity contribution >= 4 is 17.7 Å². The molecule has 0 radical (unpaired) electrons. The smallest absolute Gasteiger partial charge is 0.233 e. The molecule has 0 spiro atoms. The third-order valence-electron chi connectivity index (χ3n) is 4.55. The van der Waals surface area contributed by atoms with Crippen LogP contribution < -0.4 is 0 Å². The van der Waals surface area contributed by atoms with Crippen molar-refractivity contribution in [3.8, 4) is 11.4 Å². The molecule has 1 saturated carbocycles. The van der Waals surface area contributed by atoms with Gasteiger partial charge in [-0.3, -0.25) is 14.3 Å². The first-order valence-electron chi connectivity index (χ1n) is 8.59. The summed E-state index contributed by atoms with van der Waals surface area (Å²) in [5.74, 6) is 1.55. The van der Waals surface area contributed by atoms with E-state index in [2.05, 4.69) is 19.7 Å². The minimum Gasteiger partial charge on any atom is -0.342 e. The fourth-order valence-electron chi connectivity index (χ4n) is 3.10. The summed E-state index contributed by atoms with van der Waals surface area (Å²) in [6.07, 6.45) is 9.35. The van der Waals surface area contributed by atoms with Gasteiger partial charge in [0, 0.05) is 37.1 Å². The summed E-state index contributed by atoms with van der Waals surface area (Å²) in [5.41, 5.74) is 1.03. The molecule has 1 amide bonds. The van der Waals surface area contributed by atoms with E-state index in [0.29, 0.717) is 11.8 Å². The monoisotopic (exact) mass is 343 g/mol. The molecule has 0 N–H and O–H groups in total. The van der Waals surface area contributed by atoms with Gasteiger partial charge < -0.3 is 4.90 Å². The number of carbonyl (C=O) groups is 1. The van der Waals surface area contributed by atoms with Crippen LogP contribution in [-0.4, -0.2) is 49.4 Å². The lowest BCUT2D eigenvalue weighted by molar-refractivity contribution is -0.129. The van der Waals surface area contributed by atoms with Crippen LogP contribution in [0.4, 0.5) is 0 Å². The Bertz CT molecular complexity index is 707. The Morgan fingerprint density at radius 2 is 1.88 bits per heavy atom. The molecule has 1 saturated heterocycles. The van der Waals surface area contributed by atoms with Crippen LogP contribution >= 0.6 is 11.8 Å². The quantitative estimate of drug-likeness (QED) is 0.781. The van der Waals surface area contributed by atoms with E-state index in [1.807, 2.05) is 17.0 Å². The van der Waals surface area contributed by atoms with Crippen molar-refractivity contribution in [3.05, 3.63) is 24.5 Å². The van der Waals surface area contributed by atoms with Crippen molar-refractivity contribution < 1.29 is 4.79 Å². The number of amides is 1. The van der Waals surface area contributed by atoms with E-state index < -0.39 is 0 Å². The minimum absolute atomic E-state index is 0.218. The first kappa shape index (κ1) is 15.6. The summed E-state index contributed by atoms with van der Waals surface area (Å²) < 4.78 is 2.20. The highest BCUT2D eigenvalue weighted by Crippen LogP contribution is 2.41. The van der Waals surface area contributed by atoms with Crippen LogP contribution in [0.1, 0.15) is 38.1 Å². The van der Waals surface area contributed by atoms with Gasteiger partial charge in [0.05, 0.1) is 5.75 Å². The van der Waals surface area contributed by atoms with Gasteiger partial charge in [-0.2, -0.15) is 0 Å². The van der Waals surface area contributed by atoms with Gasteiger partial charge in [-0.1, -0.05) is 11.8 Å². The van der Waals surface area contributed by atoms with Gasteiger partial charge in [0.1, 0.15) is 0 Å². The first-order chi connectivity index (χ1) is 11.8. The van der Waals surface area contributed by atoms with Crippen LogP contribution in [0, 0.1) is 0 Å². The van der Waals surface area contributed by atoms with E-state index in [-0.39, 0.29) is 5.91 Å². The average molecular weight is 343 g/mol. The second-order valence-corrected chi connectivity index (χ2v) is 7.32. The number of pyridine rings is 1. The van der Waals surface area contributed by atoms with E-state index in [1.54, 1.807) is 12.4 Å². The number of hydrogen-bond donors (Lipinski definition) is 0. The van der Waals surface area contributed by atoms with Crippen LogP contribution in [0.3, 0.4) is 0 Å². The Kier molecular flexibility index (Phi) is 4.51. The zero-order valence-electron chi connectivity index (χ0n) is 13.6. The highest BCUT2D eigenvalue weighted by Gasteiger charge is 2.30. The second kappa shape index (κ2) is 6.93. The lowest BCUT2D eigenvalue weighted by atomic mass is 10.1. The van der Waals surface area contributed by atoms with Gasteiger partial charge in [-0.25, -0.2) is 0 Å². The lowest BCUT2D eigenvalue weighted by Gasteiger charge is -2.26. The normalized spacial score (nSPS) is 17.9. The Balaban J connectivity index is 1.49. The summed E-state index contributed by atoms with van der Waals surface area (Å²) in [4.78, 5) is 18.4. The molecule has 7 heteroatoms. The Labute approximate surface area is 145 Å². The lowest BCUT2D eigenvalue weighted by Crippen LogP contribution is -2.36. The van der Waals surface area contributed by atoms with Crippen LogP contribution in [0.15, 0.2) is 29.7 Å². The van der Waals surface area contributed by atoms with Gasteiger partial charge in [-0.15, -0.1) is 10.2 Å². The number of piperidine rings is 1. The molecule has 126 valence electrons. The Morgan fingerprint density at radius 1 is 1.12 bits per heavy atom. The van der Waals surface area contributed by atoms with Crippen molar-refractivity contribution in [1.82, 2.24) is 24.6 Å². The minimum atomic E-state index is 0.218. The molecule has 0 atom stereocenters. The third-order valence-corrected chi connectivity index (χ3v) is 5.48. The van der Waals surface area contributed by atoms with Crippen molar-refractivity contribution in [3.63, 3.8) is 0 Å². The molecule has 2 aromatic rings. The number of rotatable bonds is 5. The maximum Gasteiger partial charge on any atom is 0.233 e. The predicted octanol–water partition coefficient (Wildman–Crippen LogP) is 2.78. The molecule has 0 aromatic carbocycles. The number of aromatic nitrogens is 4. The first-order valence-corrected chi connectivity index (χ1v) is 9.57. The summed E-state index contributed by atoms with van der Waals surface area (Å²) in [7, 11) is 0. The standard InChI is InChI=1S/C17H21N5OS/c23-15(21-10-2-1-3-11-21)12-24-17-20-19-16(22(17)14-4-5-14)13-6-8-18-9-7-13/h6-9,14H,1-5,10-12H2. The molecule has 2 fully saturated rings. The average Bonchev–Trinajstić information content (AvgIpc) is 3.40. The van der Waals surface area contributed by atoms with Crippen molar-refractivity contribution in [2.75, 3.05) is 18.8 Å². The molecule has 6 nitrogen and oxygen atoms in total.